The topological polar surface area (TPSA) is 37.4 Å². The predicted molar refractivity (Wildman–Crippen MR) is 115 cm³/mol. The molecule has 1 saturated heterocycles. The molecule has 1 fully saturated rings. The molecule has 3 nitrogen and oxygen atoms in total. The van der Waals surface area contributed by atoms with Gasteiger partial charge in [-0.05, 0) is 46.9 Å². The standard InChI is InChI=1S/C25H18BrNO2/c1-14-7-6-8-15(13-14)27-23(28)21-20-16-9-2-4-11-18(16)25(26,22(21)24(27)29)19-12-5-3-10-17(19)20/h2-13,20-22H,1H3. The van der Waals surface area contributed by atoms with Crippen LogP contribution >= 0.6 is 15.9 Å². The first-order chi connectivity index (χ1) is 14.0. The molecule has 0 N–H and O–H groups in total. The highest BCUT2D eigenvalue weighted by Gasteiger charge is 2.67. The molecular formula is C25H18BrNO2. The second-order valence-corrected chi connectivity index (χ2v) is 9.47. The summed E-state index contributed by atoms with van der Waals surface area (Å²) in [6.07, 6.45) is 0. The van der Waals surface area contributed by atoms with Gasteiger partial charge in [0.05, 0.1) is 21.8 Å². The fourth-order valence-electron chi connectivity index (χ4n) is 5.70. The molecule has 0 spiro atoms. The van der Waals surface area contributed by atoms with Crippen LogP contribution in [0.5, 0.6) is 0 Å². The SMILES string of the molecule is Cc1cccc(N2C(=O)C3C4c5ccccc5C(Br)(c5ccccc54)C3C2=O)c1. The Hall–Kier alpha value is -2.72. The number of hydrogen-bond acceptors (Lipinski definition) is 2. The zero-order valence-corrected chi connectivity index (χ0v) is 17.4. The predicted octanol–water partition coefficient (Wildman–Crippen LogP) is 4.90. The monoisotopic (exact) mass is 443 g/mol. The number of nitrogens with zero attached hydrogens (tertiary/aromatic N) is 1. The maximum absolute atomic E-state index is 13.8. The summed E-state index contributed by atoms with van der Waals surface area (Å²) >= 11 is 4.02. The highest BCUT2D eigenvalue weighted by Crippen LogP contribution is 2.66. The average Bonchev–Trinajstić information content (AvgIpc) is 3.00. The third kappa shape index (κ3) is 1.98. The summed E-state index contributed by atoms with van der Waals surface area (Å²) in [5.41, 5.74) is 6.21. The molecule has 3 aromatic rings. The van der Waals surface area contributed by atoms with E-state index in [2.05, 4.69) is 40.2 Å². The van der Waals surface area contributed by atoms with Gasteiger partial charge >= 0.3 is 0 Å². The van der Waals surface area contributed by atoms with Crippen molar-refractivity contribution in [3.8, 4) is 0 Å². The Morgan fingerprint density at radius 3 is 2.07 bits per heavy atom. The first kappa shape index (κ1) is 17.2. The number of halogens is 1. The van der Waals surface area contributed by atoms with E-state index in [0.29, 0.717) is 5.69 Å². The lowest BCUT2D eigenvalue weighted by Crippen LogP contribution is -2.50. The number of carbonyl (C=O) groups excluding carboxylic acids is 2. The third-order valence-corrected chi connectivity index (χ3v) is 8.12. The van der Waals surface area contributed by atoms with Crippen LogP contribution in [-0.4, -0.2) is 11.8 Å². The van der Waals surface area contributed by atoms with Gasteiger partial charge in [-0.2, -0.15) is 0 Å². The van der Waals surface area contributed by atoms with Crippen LogP contribution in [0.4, 0.5) is 5.69 Å². The number of benzene rings is 3. The van der Waals surface area contributed by atoms with Gasteiger partial charge in [-0.25, -0.2) is 4.90 Å². The number of aryl methyl sites for hydroxylation is 1. The highest BCUT2D eigenvalue weighted by atomic mass is 79.9. The zero-order valence-electron chi connectivity index (χ0n) is 15.8. The van der Waals surface area contributed by atoms with Crippen molar-refractivity contribution in [2.45, 2.75) is 17.2 Å². The smallest absolute Gasteiger partial charge is 0.239 e. The number of carbonyl (C=O) groups is 2. The van der Waals surface area contributed by atoms with Crippen molar-refractivity contribution in [2.24, 2.45) is 11.8 Å². The van der Waals surface area contributed by atoms with Gasteiger partial charge in [0.25, 0.3) is 0 Å². The van der Waals surface area contributed by atoms with Crippen LogP contribution in [0.25, 0.3) is 0 Å². The molecule has 2 atom stereocenters. The molecule has 2 amide bonds. The minimum atomic E-state index is -0.690. The molecule has 1 aliphatic heterocycles. The van der Waals surface area contributed by atoms with Gasteiger partial charge in [-0.15, -0.1) is 0 Å². The first-order valence-electron chi connectivity index (χ1n) is 9.85. The van der Waals surface area contributed by atoms with E-state index < -0.39 is 16.2 Å². The van der Waals surface area contributed by atoms with Gasteiger partial charge < -0.3 is 0 Å². The Morgan fingerprint density at radius 2 is 1.45 bits per heavy atom. The lowest BCUT2D eigenvalue weighted by Gasteiger charge is -2.51. The Labute approximate surface area is 177 Å². The molecule has 0 aromatic heterocycles. The van der Waals surface area contributed by atoms with Crippen molar-refractivity contribution in [2.75, 3.05) is 4.90 Å². The van der Waals surface area contributed by atoms with Gasteiger partial charge in [0.1, 0.15) is 0 Å². The average molecular weight is 444 g/mol. The summed E-state index contributed by atoms with van der Waals surface area (Å²) in [5, 5.41) is 0. The van der Waals surface area contributed by atoms with Gasteiger partial charge in [-0.1, -0.05) is 76.6 Å². The molecule has 29 heavy (non-hydrogen) atoms. The number of anilines is 1. The second kappa shape index (κ2) is 5.67. The van der Waals surface area contributed by atoms with Gasteiger partial charge in [-0.3, -0.25) is 9.59 Å². The summed E-state index contributed by atoms with van der Waals surface area (Å²) in [4.78, 5) is 28.9. The van der Waals surface area contributed by atoms with Crippen LogP contribution in [0.3, 0.4) is 0 Å². The van der Waals surface area contributed by atoms with Crippen LogP contribution in [0.2, 0.25) is 0 Å². The van der Waals surface area contributed by atoms with Crippen LogP contribution in [0, 0.1) is 18.8 Å². The number of amides is 2. The minimum absolute atomic E-state index is 0.0940. The number of alkyl halides is 1. The van der Waals surface area contributed by atoms with E-state index in [1.54, 1.807) is 0 Å². The summed E-state index contributed by atoms with van der Waals surface area (Å²) in [6.45, 7) is 1.98. The molecule has 0 radical (unpaired) electrons. The van der Waals surface area contributed by atoms with E-state index in [4.69, 9.17) is 0 Å². The van der Waals surface area contributed by atoms with Gasteiger partial charge in [0.2, 0.25) is 11.8 Å². The largest absolute Gasteiger partial charge is 0.274 e. The quantitative estimate of drug-likeness (QED) is 0.396. The molecular weight excluding hydrogens is 426 g/mol. The van der Waals surface area contributed by atoms with E-state index >= 15 is 0 Å². The Bertz CT molecular complexity index is 1170. The number of hydrogen-bond donors (Lipinski definition) is 0. The molecule has 3 aliphatic carbocycles. The van der Waals surface area contributed by atoms with E-state index in [0.717, 1.165) is 27.8 Å². The minimum Gasteiger partial charge on any atom is -0.274 e. The number of rotatable bonds is 1. The maximum atomic E-state index is 13.8. The molecule has 1 heterocycles. The number of imide groups is 1. The van der Waals surface area contributed by atoms with Crippen molar-refractivity contribution in [1.82, 2.24) is 0 Å². The molecule has 142 valence electrons. The molecule has 4 heteroatoms. The van der Waals surface area contributed by atoms with Crippen LogP contribution in [0.1, 0.15) is 33.7 Å². The van der Waals surface area contributed by atoms with Gasteiger partial charge in [0, 0.05) is 5.92 Å². The van der Waals surface area contributed by atoms with E-state index in [-0.39, 0.29) is 17.7 Å². The molecule has 2 bridgehead atoms. The summed E-state index contributed by atoms with van der Waals surface area (Å²) in [6, 6.07) is 24.1. The van der Waals surface area contributed by atoms with Crippen LogP contribution in [-0.2, 0) is 13.9 Å². The van der Waals surface area contributed by atoms with Crippen LogP contribution < -0.4 is 4.90 Å². The summed E-state index contributed by atoms with van der Waals surface area (Å²) in [5.74, 6) is -1.16. The Balaban J connectivity index is 1.63. The highest BCUT2D eigenvalue weighted by molar-refractivity contribution is 9.09. The fraction of sp³-hybridized carbons (Fsp3) is 0.200. The van der Waals surface area contributed by atoms with Crippen molar-refractivity contribution in [3.05, 3.63) is 101 Å². The molecule has 2 unspecified atom stereocenters. The Morgan fingerprint density at radius 1 is 0.828 bits per heavy atom. The van der Waals surface area contributed by atoms with Crippen molar-refractivity contribution in [1.29, 1.82) is 0 Å². The molecule has 4 aliphatic rings. The first-order valence-corrected chi connectivity index (χ1v) is 10.6. The third-order valence-electron chi connectivity index (χ3n) is 6.77. The van der Waals surface area contributed by atoms with Crippen molar-refractivity contribution in [3.63, 3.8) is 0 Å². The van der Waals surface area contributed by atoms with Gasteiger partial charge in [0.15, 0.2) is 0 Å². The molecule has 0 saturated carbocycles. The normalized spacial score (nSPS) is 28.9. The zero-order chi connectivity index (χ0) is 19.9. The maximum Gasteiger partial charge on any atom is 0.239 e. The summed E-state index contributed by atoms with van der Waals surface area (Å²) in [7, 11) is 0. The van der Waals surface area contributed by atoms with Crippen molar-refractivity contribution >= 4 is 33.4 Å². The fourth-order valence-corrected chi connectivity index (χ4v) is 6.90. The lowest BCUT2D eigenvalue weighted by atomic mass is 9.55. The molecule has 3 aromatic carbocycles. The lowest BCUT2D eigenvalue weighted by molar-refractivity contribution is -0.122. The van der Waals surface area contributed by atoms with Crippen molar-refractivity contribution < 1.29 is 9.59 Å². The second-order valence-electron chi connectivity index (χ2n) is 8.22. The van der Waals surface area contributed by atoms with E-state index in [1.165, 1.54) is 4.90 Å². The van der Waals surface area contributed by atoms with E-state index in [9.17, 15) is 9.59 Å². The van der Waals surface area contributed by atoms with Crippen LogP contribution in [0.15, 0.2) is 72.8 Å². The Kier molecular flexibility index (Phi) is 3.35. The molecule has 7 rings (SSSR count). The van der Waals surface area contributed by atoms with E-state index in [1.807, 2.05) is 55.5 Å². The summed E-state index contributed by atoms with van der Waals surface area (Å²) < 4.78 is -0.690.